The standard InChI is InChI=1S/C74H98Br2O8S/c1-51(2)17-13-21-55(9)41-45-79-65-37-31-61(49-67(65)81-47-43-57(11)23-15-19-53(5)6)73(77)83-63-33-25-59(26-34-63)29-39-69-71(75)72(76)70(85-69)40-30-60-27-35-64(36-28-60)84-74(78)62-32-38-66(80-46-42-56(10)22-14-18-52(3)4)68(50-62)82-48-44-58(12)24-16-20-54(7)8/h25-28,31-38,49-58H,13-24,41-48H2,1-12H3/t55-,56-,57-,58-/m0/s1. The Hall–Kier alpha value is -5.20. The average molecular weight is 1310 g/mol. The van der Waals surface area contributed by atoms with Gasteiger partial charge in [0, 0.05) is 11.1 Å². The summed E-state index contributed by atoms with van der Waals surface area (Å²) < 4.78 is 38.6. The van der Waals surface area contributed by atoms with Gasteiger partial charge in [-0.1, -0.05) is 172 Å². The average Bonchev–Trinajstić information content (AvgIpc) is 4.03. The van der Waals surface area contributed by atoms with Crippen LogP contribution in [0.2, 0.25) is 0 Å². The third-order valence-corrected chi connectivity index (χ3v) is 19.0. The lowest BCUT2D eigenvalue weighted by molar-refractivity contribution is 0.0724. The first-order valence-electron chi connectivity index (χ1n) is 31.7. The van der Waals surface area contributed by atoms with Gasteiger partial charge in [-0.2, -0.15) is 0 Å². The van der Waals surface area contributed by atoms with E-state index < -0.39 is 11.9 Å². The van der Waals surface area contributed by atoms with Gasteiger partial charge in [-0.05, 0) is 202 Å². The molecule has 0 radical (unpaired) electrons. The lowest BCUT2D eigenvalue weighted by atomic mass is 9.97. The molecule has 0 saturated carbocycles. The molecule has 0 N–H and O–H groups in total. The van der Waals surface area contributed by atoms with Gasteiger partial charge in [-0.15, -0.1) is 11.3 Å². The van der Waals surface area contributed by atoms with E-state index in [9.17, 15) is 9.59 Å². The summed E-state index contributed by atoms with van der Waals surface area (Å²) in [6, 6.07) is 25.0. The number of ether oxygens (including phenoxy) is 6. The van der Waals surface area contributed by atoms with E-state index >= 15 is 0 Å². The molecule has 0 fully saturated rings. The Morgan fingerprint density at radius 3 is 0.965 bits per heavy atom. The fourth-order valence-corrected chi connectivity index (χ4v) is 11.8. The largest absolute Gasteiger partial charge is 0.490 e. The number of thiophene rings is 1. The highest BCUT2D eigenvalue weighted by Gasteiger charge is 2.19. The fraction of sp³-hybridized carbons (Fsp3) is 0.541. The maximum absolute atomic E-state index is 13.6. The van der Waals surface area contributed by atoms with Crippen molar-refractivity contribution in [3.8, 4) is 58.2 Å². The molecule has 5 rings (SSSR count). The molecule has 0 bridgehead atoms. The Bertz CT molecular complexity index is 2720. The fourth-order valence-electron chi connectivity index (χ4n) is 9.64. The van der Waals surface area contributed by atoms with E-state index in [1.807, 2.05) is 36.4 Å². The third kappa shape index (κ3) is 27.2. The number of benzene rings is 4. The summed E-state index contributed by atoms with van der Waals surface area (Å²) >= 11 is 8.88. The zero-order valence-electron chi connectivity index (χ0n) is 53.3. The van der Waals surface area contributed by atoms with Crippen LogP contribution in [-0.2, 0) is 0 Å². The van der Waals surface area contributed by atoms with Gasteiger partial charge in [0.1, 0.15) is 11.5 Å². The number of carbonyl (C=O) groups is 2. The summed E-state index contributed by atoms with van der Waals surface area (Å²) in [6.07, 6.45) is 18.3. The maximum Gasteiger partial charge on any atom is 0.343 e. The molecule has 0 amide bonds. The molecule has 85 heavy (non-hydrogen) atoms. The second kappa shape index (κ2) is 38.2. The van der Waals surface area contributed by atoms with Crippen molar-refractivity contribution in [3.05, 3.63) is 126 Å². The van der Waals surface area contributed by atoms with E-state index in [4.69, 9.17) is 28.4 Å². The molecule has 0 saturated heterocycles. The van der Waals surface area contributed by atoms with Crippen LogP contribution in [0.15, 0.2) is 93.9 Å². The molecule has 0 unspecified atom stereocenters. The molecule has 0 aliphatic rings. The van der Waals surface area contributed by atoms with Gasteiger partial charge in [0.15, 0.2) is 23.0 Å². The van der Waals surface area contributed by atoms with Crippen molar-refractivity contribution in [2.45, 2.75) is 186 Å². The number of halogens is 2. The Morgan fingerprint density at radius 1 is 0.376 bits per heavy atom. The van der Waals surface area contributed by atoms with Gasteiger partial charge in [-0.3, -0.25) is 0 Å². The van der Waals surface area contributed by atoms with Crippen LogP contribution in [0.5, 0.6) is 34.5 Å². The molecular formula is C74H98Br2O8S. The normalized spacial score (nSPS) is 12.7. The summed E-state index contributed by atoms with van der Waals surface area (Å²) in [5.41, 5.74) is 2.28. The van der Waals surface area contributed by atoms with Crippen molar-refractivity contribution in [1.29, 1.82) is 0 Å². The number of esters is 2. The minimum absolute atomic E-state index is 0.387. The summed E-state index contributed by atoms with van der Waals surface area (Å²) in [4.78, 5) is 28.7. The van der Waals surface area contributed by atoms with Crippen molar-refractivity contribution in [2.75, 3.05) is 26.4 Å². The van der Waals surface area contributed by atoms with E-state index in [1.54, 1.807) is 48.5 Å². The van der Waals surface area contributed by atoms with Gasteiger partial charge in [-0.25, -0.2) is 9.59 Å². The van der Waals surface area contributed by atoms with Gasteiger partial charge in [0.25, 0.3) is 0 Å². The molecule has 5 aromatic rings. The second-order valence-corrected chi connectivity index (χ2v) is 27.9. The zero-order chi connectivity index (χ0) is 61.7. The molecule has 0 spiro atoms. The van der Waals surface area contributed by atoms with Gasteiger partial charge >= 0.3 is 11.9 Å². The molecular weight excluding hydrogens is 1210 g/mol. The minimum atomic E-state index is -0.481. The molecule has 8 nitrogen and oxygen atoms in total. The van der Waals surface area contributed by atoms with Crippen LogP contribution in [0.1, 0.15) is 227 Å². The highest BCUT2D eigenvalue weighted by Crippen LogP contribution is 2.37. The van der Waals surface area contributed by atoms with Crippen LogP contribution in [-0.4, -0.2) is 38.4 Å². The maximum atomic E-state index is 13.6. The summed E-state index contributed by atoms with van der Waals surface area (Å²) in [6.45, 7) is 29.6. The van der Waals surface area contributed by atoms with Crippen LogP contribution in [0.25, 0.3) is 0 Å². The summed E-state index contributed by atoms with van der Waals surface area (Å²) in [5.74, 6) is 20.4. The molecule has 11 heteroatoms. The smallest absolute Gasteiger partial charge is 0.343 e. The Morgan fingerprint density at radius 2 is 0.671 bits per heavy atom. The van der Waals surface area contributed by atoms with Crippen molar-refractivity contribution in [1.82, 2.24) is 0 Å². The molecule has 1 aromatic heterocycles. The Kier molecular flexibility index (Phi) is 31.7. The summed E-state index contributed by atoms with van der Waals surface area (Å²) in [5, 5.41) is 0. The van der Waals surface area contributed by atoms with Gasteiger partial charge < -0.3 is 28.4 Å². The van der Waals surface area contributed by atoms with Crippen LogP contribution >= 0.6 is 43.2 Å². The first-order valence-corrected chi connectivity index (χ1v) is 34.1. The van der Waals surface area contributed by atoms with E-state index in [0.29, 0.717) is 108 Å². The molecule has 0 aliphatic heterocycles. The van der Waals surface area contributed by atoms with Crippen LogP contribution < -0.4 is 28.4 Å². The molecule has 0 aliphatic carbocycles. The quantitative estimate of drug-likeness (QED) is 0.0223. The monoisotopic (exact) mass is 1300 g/mol. The molecule has 1 heterocycles. The topological polar surface area (TPSA) is 89.5 Å². The minimum Gasteiger partial charge on any atom is -0.490 e. The summed E-state index contributed by atoms with van der Waals surface area (Å²) in [7, 11) is 0. The van der Waals surface area contributed by atoms with E-state index in [0.717, 1.165) is 67.3 Å². The predicted molar refractivity (Wildman–Crippen MR) is 359 cm³/mol. The van der Waals surface area contributed by atoms with Crippen molar-refractivity contribution in [3.63, 3.8) is 0 Å². The molecule has 4 aromatic carbocycles. The highest BCUT2D eigenvalue weighted by atomic mass is 79.9. The number of rotatable bonds is 36. The number of carbonyl (C=O) groups excluding carboxylic acids is 2. The van der Waals surface area contributed by atoms with Crippen molar-refractivity contribution < 1.29 is 38.0 Å². The molecule has 462 valence electrons. The lowest BCUT2D eigenvalue weighted by Crippen LogP contribution is -2.11. The highest BCUT2D eigenvalue weighted by molar-refractivity contribution is 9.13. The van der Waals surface area contributed by atoms with E-state index in [1.165, 1.54) is 88.4 Å². The zero-order valence-corrected chi connectivity index (χ0v) is 57.3. The van der Waals surface area contributed by atoms with E-state index in [-0.39, 0.29) is 0 Å². The van der Waals surface area contributed by atoms with Crippen LogP contribution in [0.3, 0.4) is 0 Å². The van der Waals surface area contributed by atoms with Gasteiger partial charge in [0.2, 0.25) is 0 Å². The van der Waals surface area contributed by atoms with E-state index in [2.05, 4.69) is 139 Å². The van der Waals surface area contributed by atoms with Gasteiger partial charge in [0.05, 0.1) is 56.3 Å². The Labute approximate surface area is 533 Å². The van der Waals surface area contributed by atoms with Crippen LogP contribution in [0.4, 0.5) is 0 Å². The predicted octanol–water partition coefficient (Wildman–Crippen LogP) is 21.4. The first kappa shape index (κ1) is 70.6. The van der Waals surface area contributed by atoms with Crippen molar-refractivity contribution >= 4 is 55.1 Å². The third-order valence-electron chi connectivity index (χ3n) is 15.3. The SMILES string of the molecule is CC(C)CCC[C@H](C)CCOc1ccc(C(=O)Oc2ccc(C#Cc3sc(C#Cc4ccc(OC(=O)c5ccc(OCC[C@@H](C)CCCC(C)C)c(OCC[C@@H](C)CCCC(C)C)c5)cc4)c(Br)c3Br)cc2)cc1OCC[C@@H](C)CCCC(C)C. The van der Waals surface area contributed by atoms with Crippen LogP contribution in [0, 0.1) is 71.0 Å². The number of hydrogen-bond acceptors (Lipinski definition) is 9. The lowest BCUT2D eigenvalue weighted by Gasteiger charge is -2.17. The first-order chi connectivity index (χ1) is 40.7. The second-order valence-electron chi connectivity index (χ2n) is 25.3. The Balaban J connectivity index is 1.18. The van der Waals surface area contributed by atoms with Crippen molar-refractivity contribution in [2.24, 2.45) is 47.3 Å². The molecule has 4 atom stereocenters. The number of hydrogen-bond donors (Lipinski definition) is 0.